The fourth-order valence-corrected chi connectivity index (χ4v) is 1.31. The van der Waals surface area contributed by atoms with Crippen LogP contribution in [0.2, 0.25) is 0 Å². The monoisotopic (exact) mass is 197 g/mol. The van der Waals surface area contributed by atoms with Crippen LogP contribution in [0.15, 0.2) is 12.4 Å². The lowest BCUT2D eigenvalue weighted by atomic mass is 10.0. The molecule has 0 saturated carbocycles. The van der Waals surface area contributed by atoms with E-state index < -0.39 is 0 Å². The SMILES string of the molecule is CCOCC(C)(N)Cc1nccn1C. The third-order valence-electron chi connectivity index (χ3n) is 2.12. The van der Waals surface area contributed by atoms with Crippen molar-refractivity contribution in [2.45, 2.75) is 25.8 Å². The number of imidazole rings is 1. The number of rotatable bonds is 5. The summed E-state index contributed by atoms with van der Waals surface area (Å²) in [6.07, 6.45) is 4.44. The van der Waals surface area contributed by atoms with Crippen LogP contribution in [0.25, 0.3) is 0 Å². The summed E-state index contributed by atoms with van der Waals surface area (Å²) in [5.41, 5.74) is 5.75. The van der Waals surface area contributed by atoms with Crippen LogP contribution in [0.1, 0.15) is 19.7 Å². The van der Waals surface area contributed by atoms with Gasteiger partial charge in [0.2, 0.25) is 0 Å². The standard InChI is InChI=1S/C10H19N3O/c1-4-14-8-10(2,11)7-9-12-5-6-13(9)3/h5-6H,4,7-8,11H2,1-3H3. The lowest BCUT2D eigenvalue weighted by Gasteiger charge is -2.23. The second-order valence-corrected chi connectivity index (χ2v) is 3.92. The average Bonchev–Trinajstić information content (AvgIpc) is 2.48. The highest BCUT2D eigenvalue weighted by atomic mass is 16.5. The third kappa shape index (κ3) is 3.12. The molecule has 1 rings (SSSR count). The topological polar surface area (TPSA) is 53.1 Å². The lowest BCUT2D eigenvalue weighted by molar-refractivity contribution is 0.100. The molecular formula is C10H19N3O. The predicted molar refractivity (Wildman–Crippen MR) is 56.0 cm³/mol. The highest BCUT2D eigenvalue weighted by Crippen LogP contribution is 2.08. The maximum absolute atomic E-state index is 6.08. The van der Waals surface area contributed by atoms with Gasteiger partial charge in [0.1, 0.15) is 5.82 Å². The minimum atomic E-state index is -0.338. The summed E-state index contributed by atoms with van der Waals surface area (Å²) in [5, 5.41) is 0. The zero-order valence-corrected chi connectivity index (χ0v) is 9.16. The summed E-state index contributed by atoms with van der Waals surface area (Å²) in [7, 11) is 1.97. The van der Waals surface area contributed by atoms with Crippen LogP contribution in [0.3, 0.4) is 0 Å². The second kappa shape index (κ2) is 4.57. The van der Waals surface area contributed by atoms with E-state index in [0.717, 1.165) is 12.2 Å². The molecule has 2 N–H and O–H groups in total. The van der Waals surface area contributed by atoms with Crippen molar-refractivity contribution in [3.63, 3.8) is 0 Å². The van der Waals surface area contributed by atoms with Gasteiger partial charge in [-0.25, -0.2) is 4.98 Å². The van der Waals surface area contributed by atoms with Gasteiger partial charge < -0.3 is 15.0 Å². The molecule has 1 heterocycles. The van der Waals surface area contributed by atoms with E-state index in [4.69, 9.17) is 10.5 Å². The normalized spacial score (nSPS) is 15.4. The number of nitrogens with two attached hydrogens (primary N) is 1. The van der Waals surface area contributed by atoms with Crippen molar-refractivity contribution < 1.29 is 4.74 Å². The Morgan fingerprint density at radius 3 is 2.86 bits per heavy atom. The molecule has 1 aromatic rings. The number of hydrogen-bond acceptors (Lipinski definition) is 3. The summed E-state index contributed by atoms with van der Waals surface area (Å²) >= 11 is 0. The van der Waals surface area contributed by atoms with Crippen LogP contribution >= 0.6 is 0 Å². The first-order valence-electron chi connectivity index (χ1n) is 4.88. The van der Waals surface area contributed by atoms with Crippen molar-refractivity contribution in [3.8, 4) is 0 Å². The van der Waals surface area contributed by atoms with Crippen molar-refractivity contribution in [1.29, 1.82) is 0 Å². The largest absolute Gasteiger partial charge is 0.380 e. The first kappa shape index (κ1) is 11.2. The van der Waals surface area contributed by atoms with Crippen LogP contribution in [-0.2, 0) is 18.2 Å². The number of ether oxygens (including phenoxy) is 1. The number of nitrogens with zero attached hydrogens (tertiary/aromatic N) is 2. The van der Waals surface area contributed by atoms with E-state index in [1.165, 1.54) is 0 Å². The Morgan fingerprint density at radius 2 is 2.36 bits per heavy atom. The molecule has 80 valence electrons. The highest BCUT2D eigenvalue weighted by Gasteiger charge is 2.21. The van der Waals surface area contributed by atoms with E-state index in [2.05, 4.69) is 4.98 Å². The predicted octanol–water partition coefficient (Wildman–Crippen LogP) is 0.716. The zero-order valence-electron chi connectivity index (χ0n) is 9.16. The number of aromatic nitrogens is 2. The molecule has 0 aromatic carbocycles. The van der Waals surface area contributed by atoms with E-state index in [9.17, 15) is 0 Å². The van der Waals surface area contributed by atoms with Crippen LogP contribution in [0.4, 0.5) is 0 Å². The van der Waals surface area contributed by atoms with E-state index in [1.54, 1.807) is 6.20 Å². The van der Waals surface area contributed by atoms with Crippen LogP contribution in [0, 0.1) is 0 Å². The molecule has 0 spiro atoms. The van der Waals surface area contributed by atoms with Crippen molar-refractivity contribution in [2.24, 2.45) is 12.8 Å². The van der Waals surface area contributed by atoms with Crippen molar-refractivity contribution in [2.75, 3.05) is 13.2 Å². The molecular weight excluding hydrogens is 178 g/mol. The van der Waals surface area contributed by atoms with Crippen LogP contribution in [0.5, 0.6) is 0 Å². The van der Waals surface area contributed by atoms with Gasteiger partial charge in [-0.15, -0.1) is 0 Å². The molecule has 0 radical (unpaired) electrons. The molecule has 14 heavy (non-hydrogen) atoms. The number of hydrogen-bond donors (Lipinski definition) is 1. The molecule has 0 aliphatic carbocycles. The maximum atomic E-state index is 6.08. The molecule has 0 bridgehead atoms. The fraction of sp³-hybridized carbons (Fsp3) is 0.700. The van der Waals surface area contributed by atoms with Crippen molar-refractivity contribution in [3.05, 3.63) is 18.2 Å². The van der Waals surface area contributed by atoms with Crippen LogP contribution in [-0.4, -0.2) is 28.3 Å². The summed E-state index contributed by atoms with van der Waals surface area (Å²) in [6.45, 7) is 5.22. The summed E-state index contributed by atoms with van der Waals surface area (Å²) < 4.78 is 7.31. The quantitative estimate of drug-likeness (QED) is 0.756. The third-order valence-corrected chi connectivity index (χ3v) is 2.12. The maximum Gasteiger partial charge on any atom is 0.110 e. The van der Waals surface area contributed by atoms with Crippen LogP contribution < -0.4 is 5.73 Å². The van der Waals surface area contributed by atoms with Gasteiger partial charge >= 0.3 is 0 Å². The minimum absolute atomic E-state index is 0.338. The van der Waals surface area contributed by atoms with Gasteiger partial charge in [-0.1, -0.05) is 0 Å². The second-order valence-electron chi connectivity index (χ2n) is 3.92. The Labute approximate surface area is 85.1 Å². The molecule has 1 unspecified atom stereocenters. The molecule has 0 fully saturated rings. The first-order chi connectivity index (χ1) is 6.55. The highest BCUT2D eigenvalue weighted by molar-refractivity contribution is 4.98. The molecule has 4 nitrogen and oxygen atoms in total. The summed E-state index contributed by atoms with van der Waals surface area (Å²) in [5.74, 6) is 0.995. The molecule has 0 saturated heterocycles. The van der Waals surface area contributed by atoms with Crippen molar-refractivity contribution >= 4 is 0 Å². The van der Waals surface area contributed by atoms with Gasteiger partial charge in [0.05, 0.1) is 6.61 Å². The summed E-state index contributed by atoms with van der Waals surface area (Å²) in [4.78, 5) is 4.24. The smallest absolute Gasteiger partial charge is 0.110 e. The van der Waals surface area contributed by atoms with Gasteiger partial charge in [0.15, 0.2) is 0 Å². The van der Waals surface area contributed by atoms with E-state index in [-0.39, 0.29) is 5.54 Å². The molecule has 4 heteroatoms. The molecule has 1 atom stereocenters. The Hall–Kier alpha value is -0.870. The minimum Gasteiger partial charge on any atom is -0.380 e. The average molecular weight is 197 g/mol. The van der Waals surface area contributed by atoms with E-state index >= 15 is 0 Å². The zero-order chi connectivity index (χ0) is 10.6. The number of aryl methyl sites for hydroxylation is 1. The van der Waals surface area contributed by atoms with Crippen molar-refractivity contribution in [1.82, 2.24) is 9.55 Å². The Kier molecular flexibility index (Phi) is 3.66. The molecule has 1 aromatic heterocycles. The van der Waals surface area contributed by atoms with Gasteiger partial charge in [-0.2, -0.15) is 0 Å². The lowest BCUT2D eigenvalue weighted by Crippen LogP contribution is -2.44. The van der Waals surface area contributed by atoms with Gasteiger partial charge in [0, 0.05) is 38.0 Å². The van der Waals surface area contributed by atoms with Gasteiger partial charge in [-0.3, -0.25) is 0 Å². The fourth-order valence-electron chi connectivity index (χ4n) is 1.31. The Bertz CT molecular complexity index is 281. The van der Waals surface area contributed by atoms with E-state index in [0.29, 0.717) is 13.2 Å². The molecule has 0 aliphatic heterocycles. The molecule has 0 aliphatic rings. The summed E-state index contributed by atoms with van der Waals surface area (Å²) in [6, 6.07) is 0. The van der Waals surface area contributed by atoms with Gasteiger partial charge in [0.25, 0.3) is 0 Å². The first-order valence-corrected chi connectivity index (χ1v) is 4.88. The van der Waals surface area contributed by atoms with E-state index in [1.807, 2.05) is 31.7 Å². The Balaban J connectivity index is 2.54. The van der Waals surface area contributed by atoms with Gasteiger partial charge in [-0.05, 0) is 13.8 Å². The Morgan fingerprint density at radius 1 is 1.64 bits per heavy atom. The molecule has 0 amide bonds.